The molecule has 0 atom stereocenters. The molecule has 1 nitrogen and oxygen atoms in total. The van der Waals surface area contributed by atoms with Gasteiger partial charge in [0, 0.05) is 11.6 Å². The minimum absolute atomic E-state index is 1.15. The molecule has 0 spiro atoms. The number of rotatable bonds is 3. The van der Waals surface area contributed by atoms with E-state index in [-0.39, 0.29) is 0 Å². The molecule has 1 aromatic heterocycles. The van der Waals surface area contributed by atoms with Crippen molar-refractivity contribution in [2.75, 3.05) is 0 Å². The highest BCUT2D eigenvalue weighted by Gasteiger charge is 2.16. The quantitative estimate of drug-likeness (QED) is 0.616. The zero-order chi connectivity index (χ0) is 14.8. The molecular weight excluding hydrogens is 254 g/mol. The Labute approximate surface area is 126 Å². The first-order chi connectivity index (χ1) is 10.2. The van der Waals surface area contributed by atoms with Gasteiger partial charge in [-0.1, -0.05) is 43.7 Å². The first-order valence-electron chi connectivity index (χ1n) is 7.68. The smallest absolute Gasteiger partial charge is 0.200 e. The second-order valence-corrected chi connectivity index (χ2v) is 5.76. The molecule has 0 radical (unpaired) electrons. The van der Waals surface area contributed by atoms with Gasteiger partial charge >= 0.3 is 0 Å². The number of nitrogens with zero attached hydrogens (tertiary/aromatic N) is 1. The molecule has 21 heavy (non-hydrogen) atoms. The highest BCUT2D eigenvalue weighted by molar-refractivity contribution is 5.93. The molecule has 0 aliphatic rings. The third-order valence-electron chi connectivity index (χ3n) is 4.14. The summed E-state index contributed by atoms with van der Waals surface area (Å²) in [6.45, 7) is 4.41. The predicted octanol–water partition coefficient (Wildman–Crippen LogP) is 4.59. The lowest BCUT2D eigenvalue weighted by molar-refractivity contribution is -0.659. The van der Waals surface area contributed by atoms with Crippen LogP contribution in [0.3, 0.4) is 0 Å². The normalized spacial score (nSPS) is 11.0. The van der Waals surface area contributed by atoms with Crippen LogP contribution >= 0.6 is 0 Å². The maximum atomic E-state index is 2.33. The van der Waals surface area contributed by atoms with Crippen molar-refractivity contribution in [3.05, 3.63) is 65.9 Å². The van der Waals surface area contributed by atoms with Gasteiger partial charge in [-0.05, 0) is 42.0 Å². The van der Waals surface area contributed by atoms with Crippen LogP contribution in [0.2, 0.25) is 0 Å². The second-order valence-electron chi connectivity index (χ2n) is 5.76. The van der Waals surface area contributed by atoms with Crippen LogP contribution in [-0.4, -0.2) is 0 Å². The topological polar surface area (TPSA) is 3.88 Å². The second kappa shape index (κ2) is 5.69. The number of pyridine rings is 1. The minimum Gasteiger partial charge on any atom is -0.200 e. The van der Waals surface area contributed by atoms with Gasteiger partial charge < -0.3 is 0 Å². The van der Waals surface area contributed by atoms with Crippen molar-refractivity contribution in [3.8, 4) is 11.3 Å². The molecule has 0 N–H and O–H groups in total. The van der Waals surface area contributed by atoms with Crippen LogP contribution in [0.15, 0.2) is 54.7 Å². The molecule has 0 fully saturated rings. The Balaban J connectivity index is 2.27. The zero-order valence-corrected chi connectivity index (χ0v) is 13.1. The average Bonchev–Trinajstić information content (AvgIpc) is 2.49. The summed E-state index contributed by atoms with van der Waals surface area (Å²) in [7, 11) is 2.13. The van der Waals surface area contributed by atoms with E-state index < -0.39 is 0 Å². The number of benzene rings is 2. The Morgan fingerprint density at radius 1 is 1.00 bits per heavy atom. The molecule has 0 aliphatic carbocycles. The van der Waals surface area contributed by atoms with Crippen LogP contribution in [0.1, 0.15) is 24.5 Å². The van der Waals surface area contributed by atoms with Crippen LogP contribution in [0.5, 0.6) is 0 Å². The molecule has 3 rings (SSSR count). The highest BCUT2D eigenvalue weighted by Crippen LogP contribution is 2.28. The number of aromatic nitrogens is 1. The molecule has 0 aliphatic heterocycles. The van der Waals surface area contributed by atoms with Gasteiger partial charge in [-0.15, -0.1) is 0 Å². The number of hydrogen-bond donors (Lipinski definition) is 0. The van der Waals surface area contributed by atoms with Crippen molar-refractivity contribution in [1.29, 1.82) is 0 Å². The largest absolute Gasteiger partial charge is 0.220 e. The summed E-state index contributed by atoms with van der Waals surface area (Å²) in [6, 6.07) is 17.7. The lowest BCUT2D eigenvalue weighted by Crippen LogP contribution is -2.30. The molecule has 1 heteroatoms. The van der Waals surface area contributed by atoms with Gasteiger partial charge in [-0.3, -0.25) is 0 Å². The highest BCUT2D eigenvalue weighted by atomic mass is 14.9. The lowest BCUT2D eigenvalue weighted by Gasteiger charge is -2.09. The molecule has 0 bridgehead atoms. The molecule has 0 saturated carbocycles. The number of aryl methyl sites for hydroxylation is 3. The maximum absolute atomic E-state index is 2.33. The van der Waals surface area contributed by atoms with Crippen molar-refractivity contribution >= 4 is 10.8 Å². The Hall–Kier alpha value is -2.15. The standard InChI is InChI=1S/C20H22N/c1-4-7-16-10-11-19-17(14-16)12-13-21(3)20(19)18-9-6-5-8-15(18)2/h5-6,8-14H,4,7H2,1-3H3/q+1. The Morgan fingerprint density at radius 2 is 1.81 bits per heavy atom. The van der Waals surface area contributed by atoms with Gasteiger partial charge in [0.05, 0.1) is 5.39 Å². The van der Waals surface area contributed by atoms with Gasteiger partial charge in [0.1, 0.15) is 7.05 Å². The van der Waals surface area contributed by atoms with E-state index in [1.807, 2.05) is 0 Å². The molecule has 0 unspecified atom stereocenters. The summed E-state index contributed by atoms with van der Waals surface area (Å²) in [6.07, 6.45) is 4.51. The van der Waals surface area contributed by atoms with Crippen molar-refractivity contribution in [1.82, 2.24) is 0 Å². The lowest BCUT2D eigenvalue weighted by atomic mass is 9.98. The van der Waals surface area contributed by atoms with Gasteiger partial charge in [0.15, 0.2) is 6.20 Å². The summed E-state index contributed by atoms with van der Waals surface area (Å²) in [5.74, 6) is 0. The molecule has 106 valence electrons. The first-order valence-corrected chi connectivity index (χ1v) is 7.68. The average molecular weight is 276 g/mol. The van der Waals surface area contributed by atoms with Gasteiger partial charge in [-0.25, -0.2) is 4.57 Å². The summed E-state index contributed by atoms with van der Waals surface area (Å²) in [4.78, 5) is 0. The monoisotopic (exact) mass is 276 g/mol. The SMILES string of the molecule is CCCc1ccc2c(-c3ccccc3C)[n+](C)ccc2c1. The fourth-order valence-corrected chi connectivity index (χ4v) is 3.04. The van der Waals surface area contributed by atoms with E-state index >= 15 is 0 Å². The summed E-state index contributed by atoms with van der Waals surface area (Å²) < 4.78 is 2.23. The van der Waals surface area contributed by atoms with E-state index in [1.165, 1.54) is 39.6 Å². The van der Waals surface area contributed by atoms with Gasteiger partial charge in [0.2, 0.25) is 5.69 Å². The van der Waals surface area contributed by atoms with E-state index in [0.29, 0.717) is 0 Å². The predicted molar refractivity (Wildman–Crippen MR) is 89.3 cm³/mol. The van der Waals surface area contributed by atoms with E-state index in [1.54, 1.807) is 0 Å². The van der Waals surface area contributed by atoms with Crippen LogP contribution in [-0.2, 0) is 13.5 Å². The molecule has 2 aromatic carbocycles. The third kappa shape index (κ3) is 2.56. The van der Waals surface area contributed by atoms with E-state index in [4.69, 9.17) is 0 Å². The van der Waals surface area contributed by atoms with Crippen LogP contribution < -0.4 is 4.57 Å². The van der Waals surface area contributed by atoms with Gasteiger partial charge in [0.25, 0.3) is 0 Å². The van der Waals surface area contributed by atoms with Crippen molar-refractivity contribution < 1.29 is 4.57 Å². The number of fused-ring (bicyclic) bond motifs is 1. The molecule has 0 saturated heterocycles. The summed E-state index contributed by atoms with van der Waals surface area (Å²) >= 11 is 0. The summed E-state index contributed by atoms with van der Waals surface area (Å²) in [5.41, 5.74) is 5.36. The Kier molecular flexibility index (Phi) is 3.74. The minimum atomic E-state index is 1.15. The van der Waals surface area contributed by atoms with E-state index in [0.717, 1.165) is 6.42 Å². The van der Waals surface area contributed by atoms with Crippen LogP contribution in [0, 0.1) is 6.92 Å². The van der Waals surface area contributed by atoms with Crippen molar-refractivity contribution in [3.63, 3.8) is 0 Å². The first kappa shape index (κ1) is 13.8. The zero-order valence-electron chi connectivity index (χ0n) is 13.1. The Bertz CT molecular complexity index is 787. The van der Waals surface area contributed by atoms with E-state index in [2.05, 4.69) is 80.2 Å². The van der Waals surface area contributed by atoms with Gasteiger partial charge in [-0.2, -0.15) is 0 Å². The fourth-order valence-electron chi connectivity index (χ4n) is 3.04. The fraction of sp³-hybridized carbons (Fsp3) is 0.250. The molecule has 3 aromatic rings. The maximum Gasteiger partial charge on any atom is 0.220 e. The number of hydrogen-bond acceptors (Lipinski definition) is 0. The molecule has 0 amide bonds. The third-order valence-corrected chi connectivity index (χ3v) is 4.14. The summed E-state index contributed by atoms with van der Waals surface area (Å²) in [5, 5.41) is 2.66. The van der Waals surface area contributed by atoms with Crippen molar-refractivity contribution in [2.24, 2.45) is 7.05 Å². The Morgan fingerprint density at radius 3 is 2.57 bits per heavy atom. The molecule has 1 heterocycles. The van der Waals surface area contributed by atoms with Crippen LogP contribution in [0.25, 0.3) is 22.0 Å². The van der Waals surface area contributed by atoms with E-state index in [9.17, 15) is 0 Å². The van der Waals surface area contributed by atoms with Crippen LogP contribution in [0.4, 0.5) is 0 Å². The molecular formula is C20H22N+. The van der Waals surface area contributed by atoms with Crippen molar-refractivity contribution in [2.45, 2.75) is 26.7 Å².